The Morgan fingerprint density at radius 1 is 0.960 bits per heavy atom. The van der Waals surface area contributed by atoms with Crippen molar-refractivity contribution < 1.29 is 4.74 Å². The van der Waals surface area contributed by atoms with Crippen LogP contribution in [0.2, 0.25) is 0 Å². The molecule has 6 nitrogen and oxygen atoms in total. The van der Waals surface area contributed by atoms with E-state index >= 15 is 0 Å². The zero-order valence-electron chi connectivity index (χ0n) is 14.3. The summed E-state index contributed by atoms with van der Waals surface area (Å²) in [5.41, 5.74) is 2.69. The second-order valence-electron chi connectivity index (χ2n) is 6.48. The number of aromatic nitrogens is 4. The average molecular weight is 337 g/mol. The smallest absolute Gasteiger partial charge is 0.177 e. The van der Waals surface area contributed by atoms with Crippen LogP contribution in [0, 0.1) is 0 Å². The highest BCUT2D eigenvalue weighted by Gasteiger charge is 2.09. The Hall–Kier alpha value is -2.47. The lowest BCUT2D eigenvalue weighted by Gasteiger charge is -2.26. The lowest BCUT2D eigenvalue weighted by atomic mass is 10.1. The number of hydrogen-bond donors (Lipinski definition) is 0. The summed E-state index contributed by atoms with van der Waals surface area (Å²) in [6, 6.07) is 12.0. The molecule has 0 saturated carbocycles. The molecule has 0 bridgehead atoms. The summed E-state index contributed by atoms with van der Waals surface area (Å²) in [5, 5.41) is 12.3. The van der Waals surface area contributed by atoms with Crippen LogP contribution in [0.3, 0.4) is 0 Å². The summed E-state index contributed by atoms with van der Waals surface area (Å²) >= 11 is 0. The molecule has 1 fully saturated rings. The molecule has 0 radical (unpaired) electrons. The van der Waals surface area contributed by atoms with Crippen molar-refractivity contribution in [3.8, 4) is 17.0 Å². The van der Waals surface area contributed by atoms with E-state index in [0.29, 0.717) is 0 Å². The Morgan fingerprint density at radius 2 is 1.80 bits per heavy atom. The van der Waals surface area contributed by atoms with Crippen molar-refractivity contribution in [1.82, 2.24) is 24.7 Å². The van der Waals surface area contributed by atoms with Gasteiger partial charge < -0.3 is 9.64 Å². The SMILES string of the molecule is c1cc(-c2ccc3nncn3n2)ccc1OCCCN1CCCCC1. The van der Waals surface area contributed by atoms with E-state index in [2.05, 4.69) is 20.2 Å². The number of likely N-dealkylation sites (tertiary alicyclic amines) is 1. The van der Waals surface area contributed by atoms with E-state index in [0.717, 1.165) is 42.2 Å². The van der Waals surface area contributed by atoms with Crippen molar-refractivity contribution in [1.29, 1.82) is 0 Å². The molecule has 0 atom stereocenters. The molecule has 1 saturated heterocycles. The maximum Gasteiger partial charge on any atom is 0.177 e. The number of fused-ring (bicyclic) bond motifs is 1. The summed E-state index contributed by atoms with van der Waals surface area (Å²) < 4.78 is 7.55. The molecule has 6 heteroatoms. The van der Waals surface area contributed by atoms with Crippen LogP contribution in [0.25, 0.3) is 16.9 Å². The van der Waals surface area contributed by atoms with Crippen LogP contribution in [0.4, 0.5) is 0 Å². The summed E-state index contributed by atoms with van der Waals surface area (Å²) in [6.45, 7) is 4.40. The highest BCUT2D eigenvalue weighted by molar-refractivity contribution is 5.60. The van der Waals surface area contributed by atoms with Gasteiger partial charge in [-0.25, -0.2) is 0 Å². The topological polar surface area (TPSA) is 55.6 Å². The third kappa shape index (κ3) is 3.96. The van der Waals surface area contributed by atoms with Crippen LogP contribution in [0.1, 0.15) is 25.7 Å². The maximum atomic E-state index is 5.87. The van der Waals surface area contributed by atoms with Gasteiger partial charge in [-0.1, -0.05) is 6.42 Å². The molecule has 0 N–H and O–H groups in total. The lowest BCUT2D eigenvalue weighted by molar-refractivity contribution is 0.205. The predicted molar refractivity (Wildman–Crippen MR) is 96.6 cm³/mol. The first-order chi connectivity index (χ1) is 12.4. The van der Waals surface area contributed by atoms with Crippen LogP contribution in [0.15, 0.2) is 42.7 Å². The molecule has 1 aliphatic rings. The van der Waals surface area contributed by atoms with Crippen molar-refractivity contribution in [3.63, 3.8) is 0 Å². The zero-order valence-corrected chi connectivity index (χ0v) is 14.3. The number of piperidine rings is 1. The standard InChI is InChI=1S/C19H23N5O/c1-2-11-23(12-3-1)13-4-14-25-17-7-5-16(6-8-17)18-9-10-19-21-20-15-24(19)22-18/h5-10,15H,1-4,11-14H2. The van der Waals surface area contributed by atoms with Crippen LogP contribution in [-0.2, 0) is 0 Å². The molecule has 4 rings (SSSR count). The first-order valence-corrected chi connectivity index (χ1v) is 9.01. The van der Waals surface area contributed by atoms with E-state index in [-0.39, 0.29) is 0 Å². The fourth-order valence-electron chi connectivity index (χ4n) is 3.27. The third-order valence-corrected chi connectivity index (χ3v) is 4.65. The first-order valence-electron chi connectivity index (χ1n) is 9.01. The maximum absolute atomic E-state index is 5.87. The normalized spacial score (nSPS) is 15.5. The van der Waals surface area contributed by atoms with Crippen LogP contribution in [0.5, 0.6) is 5.75 Å². The molecule has 2 aromatic heterocycles. The second-order valence-corrected chi connectivity index (χ2v) is 6.48. The molecule has 0 unspecified atom stereocenters. The number of nitrogens with zero attached hydrogens (tertiary/aromatic N) is 5. The van der Waals surface area contributed by atoms with Gasteiger partial charge in [-0.2, -0.15) is 9.61 Å². The molecule has 0 aliphatic carbocycles. The molecule has 3 aromatic rings. The number of ether oxygens (including phenoxy) is 1. The molecule has 1 aliphatic heterocycles. The van der Waals surface area contributed by atoms with Gasteiger partial charge >= 0.3 is 0 Å². The van der Waals surface area contributed by atoms with Crippen LogP contribution in [-0.4, -0.2) is 51.0 Å². The molecular formula is C19H23N5O. The molecule has 130 valence electrons. The van der Waals surface area contributed by atoms with Crippen molar-refractivity contribution in [2.75, 3.05) is 26.2 Å². The van der Waals surface area contributed by atoms with Gasteiger partial charge in [0.25, 0.3) is 0 Å². The first kappa shape index (κ1) is 16.0. The minimum atomic E-state index is 0.748. The van der Waals surface area contributed by atoms with Gasteiger partial charge in [-0.3, -0.25) is 0 Å². The third-order valence-electron chi connectivity index (χ3n) is 4.65. The summed E-state index contributed by atoms with van der Waals surface area (Å²) in [6.07, 6.45) is 6.76. The fourth-order valence-corrected chi connectivity index (χ4v) is 3.27. The van der Waals surface area contributed by atoms with Crippen molar-refractivity contribution >= 4 is 5.65 Å². The monoisotopic (exact) mass is 337 g/mol. The highest BCUT2D eigenvalue weighted by atomic mass is 16.5. The quantitative estimate of drug-likeness (QED) is 0.647. The van der Waals surface area contributed by atoms with Crippen molar-refractivity contribution in [2.45, 2.75) is 25.7 Å². The van der Waals surface area contributed by atoms with Crippen molar-refractivity contribution in [2.24, 2.45) is 0 Å². The molecule has 0 spiro atoms. The molecular weight excluding hydrogens is 314 g/mol. The average Bonchev–Trinajstić information content (AvgIpc) is 3.14. The highest BCUT2D eigenvalue weighted by Crippen LogP contribution is 2.21. The van der Waals surface area contributed by atoms with Gasteiger partial charge in [0.15, 0.2) is 5.65 Å². The fraction of sp³-hybridized carbons (Fsp3) is 0.421. The van der Waals surface area contributed by atoms with Gasteiger partial charge in [-0.15, -0.1) is 10.2 Å². The molecule has 25 heavy (non-hydrogen) atoms. The lowest BCUT2D eigenvalue weighted by Crippen LogP contribution is -2.31. The van der Waals surface area contributed by atoms with Gasteiger partial charge in [-0.05, 0) is 68.8 Å². The zero-order chi connectivity index (χ0) is 16.9. The summed E-state index contributed by atoms with van der Waals surface area (Å²) in [5.74, 6) is 0.910. The Kier molecular flexibility index (Phi) is 4.88. The van der Waals surface area contributed by atoms with E-state index < -0.39 is 0 Å². The van der Waals surface area contributed by atoms with Crippen molar-refractivity contribution in [3.05, 3.63) is 42.7 Å². The molecule has 1 aromatic carbocycles. The van der Waals surface area contributed by atoms with E-state index in [1.807, 2.05) is 36.4 Å². The van der Waals surface area contributed by atoms with E-state index in [4.69, 9.17) is 4.74 Å². The Balaban J connectivity index is 1.30. The van der Waals surface area contributed by atoms with Gasteiger partial charge in [0, 0.05) is 12.1 Å². The van der Waals surface area contributed by atoms with Crippen LogP contribution < -0.4 is 4.74 Å². The predicted octanol–water partition coefficient (Wildman–Crippen LogP) is 3.05. The Bertz CT molecular complexity index is 808. The van der Waals surface area contributed by atoms with Gasteiger partial charge in [0.1, 0.15) is 12.1 Å². The van der Waals surface area contributed by atoms with E-state index in [9.17, 15) is 0 Å². The summed E-state index contributed by atoms with van der Waals surface area (Å²) in [7, 11) is 0. The second kappa shape index (κ2) is 7.61. The number of rotatable bonds is 6. The summed E-state index contributed by atoms with van der Waals surface area (Å²) in [4.78, 5) is 2.54. The van der Waals surface area contributed by atoms with Gasteiger partial charge in [0.05, 0.1) is 12.3 Å². The van der Waals surface area contributed by atoms with Gasteiger partial charge in [0.2, 0.25) is 0 Å². The Morgan fingerprint density at radius 3 is 2.64 bits per heavy atom. The largest absolute Gasteiger partial charge is 0.494 e. The Labute approximate surface area is 147 Å². The number of hydrogen-bond acceptors (Lipinski definition) is 5. The molecule has 0 amide bonds. The van der Waals surface area contributed by atoms with E-state index in [1.165, 1.54) is 32.4 Å². The van der Waals surface area contributed by atoms with E-state index in [1.54, 1.807) is 10.8 Å². The van der Waals surface area contributed by atoms with Crippen LogP contribution >= 0.6 is 0 Å². The minimum Gasteiger partial charge on any atom is -0.494 e. The molecule has 3 heterocycles. The number of benzene rings is 1. The minimum absolute atomic E-state index is 0.748.